The Morgan fingerprint density at radius 2 is 1.41 bits per heavy atom. The Balaban J connectivity index is 1.94. The second-order valence-corrected chi connectivity index (χ2v) is 7.29. The molecule has 1 saturated heterocycles. The largest absolute Gasteiger partial charge is 0.459 e. The highest BCUT2D eigenvalue weighted by Gasteiger charge is 2.63. The van der Waals surface area contributed by atoms with Crippen molar-refractivity contribution in [3.05, 3.63) is 71.8 Å². The summed E-state index contributed by atoms with van der Waals surface area (Å²) >= 11 is 0. The molecule has 9 nitrogen and oxygen atoms in total. The van der Waals surface area contributed by atoms with Crippen LogP contribution in [0.15, 0.2) is 60.7 Å². The highest BCUT2D eigenvalue weighted by atomic mass is 16.8. The maximum absolute atomic E-state index is 12.9. The Hall–Kier alpha value is -4.16. The lowest BCUT2D eigenvalue weighted by Gasteiger charge is -2.32. The van der Waals surface area contributed by atoms with Gasteiger partial charge < -0.3 is 23.7 Å². The summed E-state index contributed by atoms with van der Waals surface area (Å²) in [7, 11) is 0. The van der Waals surface area contributed by atoms with Crippen LogP contribution in [-0.2, 0) is 33.3 Å². The zero-order chi connectivity index (χ0) is 24.7. The fourth-order valence-corrected chi connectivity index (χ4v) is 3.38. The van der Waals surface area contributed by atoms with Crippen LogP contribution in [0.4, 0.5) is 0 Å². The zero-order valence-corrected chi connectivity index (χ0v) is 18.5. The van der Waals surface area contributed by atoms with Crippen LogP contribution in [0.2, 0.25) is 0 Å². The van der Waals surface area contributed by atoms with Crippen LogP contribution in [-0.4, -0.2) is 54.6 Å². The predicted molar refractivity (Wildman–Crippen MR) is 116 cm³/mol. The molecule has 1 aliphatic heterocycles. The quantitative estimate of drug-likeness (QED) is 0.344. The van der Waals surface area contributed by atoms with E-state index in [-0.39, 0.29) is 11.1 Å². The van der Waals surface area contributed by atoms with Gasteiger partial charge in [-0.3, -0.25) is 9.59 Å². The van der Waals surface area contributed by atoms with E-state index >= 15 is 0 Å². The fourth-order valence-electron chi connectivity index (χ4n) is 3.38. The molecule has 0 bridgehead atoms. The second kappa shape index (κ2) is 10.6. The monoisotopic (exact) mass is 466 g/mol. The molecule has 1 aliphatic rings. The molecular formula is C25H22O9. The van der Waals surface area contributed by atoms with Crippen LogP contribution in [0.1, 0.15) is 34.6 Å². The molecule has 4 atom stereocenters. The van der Waals surface area contributed by atoms with Gasteiger partial charge in [-0.2, -0.15) is 0 Å². The first-order valence-corrected chi connectivity index (χ1v) is 10.2. The first kappa shape index (κ1) is 24.5. The summed E-state index contributed by atoms with van der Waals surface area (Å²) in [4.78, 5) is 48.8. The molecule has 1 fully saturated rings. The Morgan fingerprint density at radius 1 is 0.882 bits per heavy atom. The third-order valence-electron chi connectivity index (χ3n) is 4.89. The summed E-state index contributed by atoms with van der Waals surface area (Å²) in [5, 5.41) is 0. The number of esters is 4. The molecule has 176 valence electrons. The van der Waals surface area contributed by atoms with Gasteiger partial charge in [-0.25, -0.2) is 9.59 Å². The number of hydrogen-bond donors (Lipinski definition) is 0. The Labute approximate surface area is 195 Å². The number of benzene rings is 2. The van der Waals surface area contributed by atoms with Gasteiger partial charge in [0, 0.05) is 13.8 Å². The molecule has 0 saturated carbocycles. The number of ether oxygens (including phenoxy) is 5. The minimum Gasteiger partial charge on any atom is -0.459 e. The third kappa shape index (κ3) is 5.42. The number of hydrogen-bond acceptors (Lipinski definition) is 9. The first-order chi connectivity index (χ1) is 16.3. The van der Waals surface area contributed by atoms with E-state index in [0.717, 1.165) is 13.8 Å². The van der Waals surface area contributed by atoms with Gasteiger partial charge in [-0.15, -0.1) is 6.42 Å². The maximum atomic E-state index is 12.9. The molecule has 0 amide bonds. The minimum absolute atomic E-state index is 0.162. The van der Waals surface area contributed by atoms with Crippen LogP contribution >= 0.6 is 0 Å². The number of terminal acetylenes is 1. The minimum atomic E-state index is -2.07. The lowest BCUT2D eigenvalue weighted by Crippen LogP contribution is -2.54. The lowest BCUT2D eigenvalue weighted by molar-refractivity contribution is -0.196. The van der Waals surface area contributed by atoms with E-state index in [1.807, 2.05) is 0 Å². The Kier molecular flexibility index (Phi) is 7.66. The third-order valence-corrected chi connectivity index (χ3v) is 4.89. The molecule has 0 N–H and O–H groups in total. The van der Waals surface area contributed by atoms with E-state index in [1.165, 1.54) is 12.1 Å². The second-order valence-electron chi connectivity index (χ2n) is 7.29. The highest BCUT2D eigenvalue weighted by molar-refractivity contribution is 5.90. The molecule has 9 heteroatoms. The van der Waals surface area contributed by atoms with Crippen molar-refractivity contribution in [2.45, 2.75) is 37.9 Å². The molecule has 34 heavy (non-hydrogen) atoms. The summed E-state index contributed by atoms with van der Waals surface area (Å²) in [5.41, 5.74) is -1.65. The molecule has 2 aromatic carbocycles. The standard InChI is InChI=1S/C25H22O9/c1-4-25(34-23(29)19-13-9-6-10-14-19)20(15-30-22(28)18-11-7-5-8-12-18)33-24(32-17(3)27)21(25)31-16(2)26/h1,5-14,20-21,24H,15H2,2-3H3/t20-,21+,24?,25-/m1/s1. The van der Waals surface area contributed by atoms with Crippen LogP contribution in [0.5, 0.6) is 0 Å². The van der Waals surface area contributed by atoms with E-state index in [0.29, 0.717) is 0 Å². The van der Waals surface area contributed by atoms with Crippen molar-refractivity contribution in [3.63, 3.8) is 0 Å². The van der Waals surface area contributed by atoms with Gasteiger partial charge >= 0.3 is 23.9 Å². The smallest absolute Gasteiger partial charge is 0.339 e. The van der Waals surface area contributed by atoms with Crippen molar-refractivity contribution in [2.24, 2.45) is 0 Å². The maximum Gasteiger partial charge on any atom is 0.339 e. The molecule has 2 aromatic rings. The van der Waals surface area contributed by atoms with E-state index in [1.54, 1.807) is 48.5 Å². The normalized spacial score (nSPS) is 23.3. The molecule has 0 aliphatic carbocycles. The predicted octanol–water partition coefficient (Wildman–Crippen LogP) is 2.29. The van der Waals surface area contributed by atoms with Gasteiger partial charge in [-0.05, 0) is 24.3 Å². The molecule has 3 rings (SSSR count). The highest BCUT2D eigenvalue weighted by Crippen LogP contribution is 2.38. The van der Waals surface area contributed by atoms with Gasteiger partial charge in [0.05, 0.1) is 11.1 Å². The summed E-state index contributed by atoms with van der Waals surface area (Å²) in [6.07, 6.45) is 1.42. The molecule has 1 unspecified atom stereocenters. The van der Waals surface area contributed by atoms with E-state index in [2.05, 4.69) is 5.92 Å². The van der Waals surface area contributed by atoms with E-state index in [9.17, 15) is 19.2 Å². The summed E-state index contributed by atoms with van der Waals surface area (Å²) in [5.74, 6) is -0.762. The molecule has 0 aromatic heterocycles. The Bertz CT molecular complexity index is 1090. The number of carbonyl (C=O) groups excluding carboxylic acids is 4. The fraction of sp³-hybridized carbons (Fsp3) is 0.280. The Morgan fingerprint density at radius 3 is 1.91 bits per heavy atom. The topological polar surface area (TPSA) is 114 Å². The van der Waals surface area contributed by atoms with E-state index < -0.39 is 54.6 Å². The molecule has 0 spiro atoms. The van der Waals surface area contributed by atoms with Gasteiger partial charge in [0.15, 0.2) is 6.10 Å². The van der Waals surface area contributed by atoms with Gasteiger partial charge in [0.1, 0.15) is 6.61 Å². The van der Waals surface area contributed by atoms with Crippen molar-refractivity contribution >= 4 is 23.9 Å². The summed E-state index contributed by atoms with van der Waals surface area (Å²) in [6, 6.07) is 16.1. The summed E-state index contributed by atoms with van der Waals surface area (Å²) in [6.45, 7) is 1.73. The molecule has 1 heterocycles. The number of rotatable bonds is 7. The average molecular weight is 466 g/mol. The zero-order valence-electron chi connectivity index (χ0n) is 18.5. The van der Waals surface area contributed by atoms with Crippen molar-refractivity contribution in [1.29, 1.82) is 0 Å². The number of carbonyl (C=O) groups is 4. The summed E-state index contributed by atoms with van der Waals surface area (Å²) < 4.78 is 27.1. The molecule has 0 radical (unpaired) electrons. The molecular weight excluding hydrogens is 444 g/mol. The van der Waals surface area contributed by atoms with Gasteiger partial charge in [0.25, 0.3) is 0 Å². The van der Waals surface area contributed by atoms with Gasteiger partial charge in [-0.1, -0.05) is 42.3 Å². The SMILES string of the molecule is C#C[C@@]1(OC(=O)c2ccccc2)[C@@H](COC(=O)c2ccccc2)OC(OC(C)=O)[C@@H]1OC(C)=O. The van der Waals surface area contributed by atoms with Crippen molar-refractivity contribution < 1.29 is 42.9 Å². The van der Waals surface area contributed by atoms with Crippen LogP contribution in [0.25, 0.3) is 0 Å². The van der Waals surface area contributed by atoms with Crippen molar-refractivity contribution in [3.8, 4) is 12.3 Å². The lowest BCUT2D eigenvalue weighted by atomic mass is 9.92. The first-order valence-electron chi connectivity index (χ1n) is 10.2. The van der Waals surface area contributed by atoms with Crippen LogP contribution in [0, 0.1) is 12.3 Å². The average Bonchev–Trinajstić information content (AvgIpc) is 3.09. The van der Waals surface area contributed by atoms with Crippen LogP contribution < -0.4 is 0 Å². The van der Waals surface area contributed by atoms with E-state index in [4.69, 9.17) is 30.1 Å². The van der Waals surface area contributed by atoms with Crippen LogP contribution in [0.3, 0.4) is 0 Å². The van der Waals surface area contributed by atoms with Gasteiger partial charge in [0.2, 0.25) is 18.0 Å². The van der Waals surface area contributed by atoms with Crippen molar-refractivity contribution in [2.75, 3.05) is 6.61 Å². The van der Waals surface area contributed by atoms with Crippen molar-refractivity contribution in [1.82, 2.24) is 0 Å².